The maximum atomic E-state index is 12.9. The Kier molecular flexibility index (Phi) is 6.01. The first kappa shape index (κ1) is 18.1. The lowest BCUT2D eigenvalue weighted by Gasteiger charge is -2.07. The third-order valence-electron chi connectivity index (χ3n) is 3.81. The van der Waals surface area contributed by atoms with E-state index in [9.17, 15) is 9.18 Å². The molecule has 7 heteroatoms. The summed E-state index contributed by atoms with van der Waals surface area (Å²) < 4.78 is 14.7. The molecule has 0 unspecified atom stereocenters. The average Bonchev–Trinajstić information content (AvgIpc) is 3.11. The Morgan fingerprint density at radius 2 is 1.88 bits per heavy atom. The van der Waals surface area contributed by atoms with Gasteiger partial charge in [0.2, 0.25) is 5.91 Å². The summed E-state index contributed by atoms with van der Waals surface area (Å²) in [5.74, 6) is -0.0732. The van der Waals surface area contributed by atoms with E-state index in [0.29, 0.717) is 18.1 Å². The summed E-state index contributed by atoms with van der Waals surface area (Å²) in [6.45, 7) is 2.54. The molecule has 0 fully saturated rings. The molecule has 0 saturated heterocycles. The second kappa shape index (κ2) is 8.62. The largest absolute Gasteiger partial charge is 0.355 e. The molecular formula is C19H19FN4OS. The minimum absolute atomic E-state index is 0.0735. The maximum Gasteiger partial charge on any atom is 0.230 e. The Morgan fingerprint density at radius 1 is 1.15 bits per heavy atom. The standard InChI is InChI=1S/C19H19FN4OS/c1-14-2-8-17(9-3-14)24-13-22-23-19(24)26-12-18(25)21-11-10-15-4-6-16(20)7-5-15/h2-9,13H,10-12H2,1H3,(H,21,25). The van der Waals surface area contributed by atoms with Gasteiger partial charge in [-0.3, -0.25) is 9.36 Å². The summed E-state index contributed by atoms with van der Waals surface area (Å²) in [7, 11) is 0. The fraction of sp³-hybridized carbons (Fsp3) is 0.211. The summed E-state index contributed by atoms with van der Waals surface area (Å²) >= 11 is 1.34. The van der Waals surface area contributed by atoms with Crippen LogP contribution in [0.4, 0.5) is 4.39 Å². The molecule has 0 bridgehead atoms. The van der Waals surface area contributed by atoms with Crippen LogP contribution in [-0.4, -0.2) is 33.0 Å². The molecule has 0 atom stereocenters. The number of rotatable bonds is 7. The van der Waals surface area contributed by atoms with Gasteiger partial charge in [0.15, 0.2) is 5.16 Å². The molecule has 0 aliphatic carbocycles. The van der Waals surface area contributed by atoms with Crippen LogP contribution in [0.15, 0.2) is 60.0 Å². The van der Waals surface area contributed by atoms with Crippen LogP contribution in [0.5, 0.6) is 0 Å². The van der Waals surface area contributed by atoms with Crippen LogP contribution in [-0.2, 0) is 11.2 Å². The van der Waals surface area contributed by atoms with Crippen molar-refractivity contribution in [1.82, 2.24) is 20.1 Å². The SMILES string of the molecule is Cc1ccc(-n2cnnc2SCC(=O)NCCc2ccc(F)cc2)cc1. The summed E-state index contributed by atoms with van der Waals surface area (Å²) in [5, 5.41) is 11.6. The van der Waals surface area contributed by atoms with Crippen LogP contribution < -0.4 is 5.32 Å². The van der Waals surface area contributed by atoms with E-state index >= 15 is 0 Å². The smallest absolute Gasteiger partial charge is 0.230 e. The molecule has 2 aromatic carbocycles. The van der Waals surface area contributed by atoms with Crippen molar-refractivity contribution in [3.05, 3.63) is 71.8 Å². The summed E-state index contributed by atoms with van der Waals surface area (Å²) in [6.07, 6.45) is 2.30. The summed E-state index contributed by atoms with van der Waals surface area (Å²) in [6, 6.07) is 14.3. The molecule has 3 rings (SSSR count). The van der Waals surface area contributed by atoms with Gasteiger partial charge in [0.25, 0.3) is 0 Å². The van der Waals surface area contributed by atoms with Crippen LogP contribution in [0.1, 0.15) is 11.1 Å². The van der Waals surface area contributed by atoms with Crippen LogP contribution in [0.25, 0.3) is 5.69 Å². The second-order valence-corrected chi connectivity index (χ2v) is 6.78. The lowest BCUT2D eigenvalue weighted by Crippen LogP contribution is -2.27. The maximum absolute atomic E-state index is 12.9. The first-order chi connectivity index (χ1) is 12.6. The van der Waals surface area contributed by atoms with Gasteiger partial charge in [0, 0.05) is 12.2 Å². The van der Waals surface area contributed by atoms with E-state index in [1.165, 1.54) is 29.5 Å². The molecule has 0 aliphatic heterocycles. The molecular weight excluding hydrogens is 351 g/mol. The predicted octanol–water partition coefficient (Wildman–Crippen LogP) is 3.17. The first-order valence-electron chi connectivity index (χ1n) is 8.23. The van der Waals surface area contributed by atoms with Gasteiger partial charge >= 0.3 is 0 Å². The lowest BCUT2D eigenvalue weighted by molar-refractivity contribution is -0.118. The Balaban J connectivity index is 1.48. The molecule has 1 aromatic heterocycles. The van der Waals surface area contributed by atoms with Gasteiger partial charge in [-0.15, -0.1) is 10.2 Å². The van der Waals surface area contributed by atoms with Crippen LogP contribution in [0.2, 0.25) is 0 Å². The molecule has 134 valence electrons. The molecule has 1 N–H and O–H groups in total. The highest BCUT2D eigenvalue weighted by Crippen LogP contribution is 2.19. The van der Waals surface area contributed by atoms with Crippen molar-refractivity contribution in [3.8, 4) is 5.69 Å². The first-order valence-corrected chi connectivity index (χ1v) is 9.21. The van der Waals surface area contributed by atoms with Crippen molar-refractivity contribution in [2.75, 3.05) is 12.3 Å². The van der Waals surface area contributed by atoms with Crippen molar-refractivity contribution in [3.63, 3.8) is 0 Å². The van der Waals surface area contributed by atoms with E-state index < -0.39 is 0 Å². The number of aromatic nitrogens is 3. The Labute approximate surface area is 155 Å². The highest BCUT2D eigenvalue weighted by atomic mass is 32.2. The number of benzene rings is 2. The van der Waals surface area contributed by atoms with E-state index in [2.05, 4.69) is 15.5 Å². The number of aryl methyl sites for hydroxylation is 1. The molecule has 0 radical (unpaired) electrons. The number of hydrogen-bond acceptors (Lipinski definition) is 4. The van der Waals surface area contributed by atoms with Crippen molar-refractivity contribution in [1.29, 1.82) is 0 Å². The molecule has 1 amide bonds. The Hall–Kier alpha value is -2.67. The number of carbonyl (C=O) groups is 1. The van der Waals surface area contributed by atoms with Crippen molar-refractivity contribution in [2.24, 2.45) is 0 Å². The minimum Gasteiger partial charge on any atom is -0.355 e. The third kappa shape index (κ3) is 4.92. The van der Waals surface area contributed by atoms with Gasteiger partial charge in [-0.25, -0.2) is 4.39 Å². The van der Waals surface area contributed by atoms with Crippen molar-refractivity contribution in [2.45, 2.75) is 18.5 Å². The van der Waals surface area contributed by atoms with Crippen LogP contribution >= 0.6 is 11.8 Å². The lowest BCUT2D eigenvalue weighted by atomic mass is 10.1. The van der Waals surface area contributed by atoms with E-state index in [1.54, 1.807) is 18.5 Å². The summed E-state index contributed by atoms with van der Waals surface area (Å²) in [5.41, 5.74) is 3.12. The van der Waals surface area contributed by atoms with Gasteiger partial charge in [0.05, 0.1) is 5.75 Å². The number of thioether (sulfide) groups is 1. The fourth-order valence-electron chi connectivity index (χ4n) is 2.38. The number of nitrogens with one attached hydrogen (secondary N) is 1. The van der Waals surface area contributed by atoms with Gasteiger partial charge in [-0.1, -0.05) is 41.6 Å². The number of amides is 1. The zero-order valence-electron chi connectivity index (χ0n) is 14.4. The monoisotopic (exact) mass is 370 g/mol. The minimum atomic E-state index is -0.258. The van der Waals surface area contributed by atoms with E-state index in [-0.39, 0.29) is 17.5 Å². The molecule has 3 aromatic rings. The molecule has 0 aliphatic rings. The van der Waals surface area contributed by atoms with Gasteiger partial charge in [-0.05, 0) is 43.2 Å². The number of carbonyl (C=O) groups excluding carboxylic acids is 1. The fourth-order valence-corrected chi connectivity index (χ4v) is 3.14. The average molecular weight is 370 g/mol. The number of nitrogens with zero attached hydrogens (tertiary/aromatic N) is 3. The zero-order chi connectivity index (χ0) is 18.4. The van der Waals surface area contributed by atoms with Crippen LogP contribution in [0.3, 0.4) is 0 Å². The van der Waals surface area contributed by atoms with Crippen molar-refractivity contribution >= 4 is 17.7 Å². The topological polar surface area (TPSA) is 59.8 Å². The summed E-state index contributed by atoms with van der Waals surface area (Å²) in [4.78, 5) is 12.0. The van der Waals surface area contributed by atoms with E-state index in [1.807, 2.05) is 35.8 Å². The quantitative estimate of drug-likeness (QED) is 0.649. The normalized spacial score (nSPS) is 10.7. The van der Waals surface area contributed by atoms with E-state index in [0.717, 1.165) is 11.3 Å². The Morgan fingerprint density at radius 3 is 2.62 bits per heavy atom. The second-order valence-electron chi connectivity index (χ2n) is 5.83. The molecule has 0 saturated carbocycles. The van der Waals surface area contributed by atoms with Gasteiger partial charge < -0.3 is 5.32 Å². The molecule has 1 heterocycles. The number of halogens is 1. The highest BCUT2D eigenvalue weighted by molar-refractivity contribution is 7.99. The van der Waals surface area contributed by atoms with Crippen molar-refractivity contribution < 1.29 is 9.18 Å². The number of hydrogen-bond donors (Lipinski definition) is 1. The Bertz CT molecular complexity index is 862. The molecule has 0 spiro atoms. The van der Waals surface area contributed by atoms with Gasteiger partial charge in [-0.2, -0.15) is 0 Å². The van der Waals surface area contributed by atoms with Gasteiger partial charge in [0.1, 0.15) is 12.1 Å². The molecule has 5 nitrogen and oxygen atoms in total. The molecule has 26 heavy (non-hydrogen) atoms. The third-order valence-corrected chi connectivity index (χ3v) is 4.75. The van der Waals surface area contributed by atoms with E-state index in [4.69, 9.17) is 0 Å². The zero-order valence-corrected chi connectivity index (χ0v) is 15.2. The highest BCUT2D eigenvalue weighted by Gasteiger charge is 2.10. The predicted molar refractivity (Wildman–Crippen MR) is 99.9 cm³/mol. The van der Waals surface area contributed by atoms with Crippen LogP contribution in [0, 0.1) is 12.7 Å².